The third kappa shape index (κ3) is 1.53. The summed E-state index contributed by atoms with van der Waals surface area (Å²) < 4.78 is 0.749. The molecule has 1 heterocycles. The van der Waals surface area contributed by atoms with Gasteiger partial charge in [-0.05, 0) is 44.9 Å². The van der Waals surface area contributed by atoms with Crippen LogP contribution in [-0.2, 0) is 0 Å². The molecule has 0 atom stereocenters. The van der Waals surface area contributed by atoms with Crippen molar-refractivity contribution < 1.29 is 0 Å². The lowest BCUT2D eigenvalue weighted by Crippen LogP contribution is -2.11. The van der Waals surface area contributed by atoms with E-state index in [2.05, 4.69) is 25.9 Å². The first-order valence-electron chi connectivity index (χ1n) is 5.23. The second kappa shape index (κ2) is 3.71. The molecule has 0 fully saturated rings. The molecule has 0 aliphatic carbocycles. The van der Waals surface area contributed by atoms with Gasteiger partial charge in [0.15, 0.2) is 0 Å². The molecule has 1 aromatic heterocycles. The number of halogens is 1. The molecule has 0 aliphatic rings. The molecule has 3 rings (SSSR count). The van der Waals surface area contributed by atoms with Crippen molar-refractivity contribution in [3.63, 3.8) is 0 Å². The van der Waals surface area contributed by atoms with Crippen LogP contribution in [0.15, 0.2) is 33.5 Å². The Morgan fingerprint density at radius 1 is 1.22 bits per heavy atom. The van der Waals surface area contributed by atoms with Gasteiger partial charge >= 0.3 is 0 Å². The third-order valence-electron chi connectivity index (χ3n) is 2.82. The number of aromatic nitrogens is 2. The largest absolute Gasteiger partial charge is 0.398 e. The highest BCUT2D eigenvalue weighted by atomic mass is 79.9. The molecule has 0 unspecified atom stereocenters. The molecule has 0 radical (unpaired) electrons. The molecular weight excluding hydrogens is 296 g/mol. The number of nitrogens with zero attached hydrogens (tertiary/aromatic N) is 1. The second-order valence-corrected chi connectivity index (χ2v) is 4.86. The van der Waals surface area contributed by atoms with Crippen molar-refractivity contribution in [2.45, 2.75) is 0 Å². The number of anilines is 2. The minimum Gasteiger partial charge on any atom is -0.398 e. The topological polar surface area (TPSA) is 97.8 Å². The number of nitrogens with one attached hydrogen (secondary N) is 1. The maximum atomic E-state index is 12.0. The molecule has 0 bridgehead atoms. The SMILES string of the molecule is Nc1nc2ccc3cc(N)c(Br)cc3c2c(=O)[nH]1. The molecule has 18 heavy (non-hydrogen) atoms. The predicted octanol–water partition coefficient (Wildman–Crippen LogP) is 2.00. The van der Waals surface area contributed by atoms with E-state index in [1.807, 2.05) is 18.2 Å². The van der Waals surface area contributed by atoms with Gasteiger partial charge in [-0.15, -0.1) is 0 Å². The highest BCUT2D eigenvalue weighted by Crippen LogP contribution is 2.29. The Hall–Kier alpha value is -2.08. The van der Waals surface area contributed by atoms with Crippen LogP contribution in [0.5, 0.6) is 0 Å². The van der Waals surface area contributed by atoms with Crippen LogP contribution < -0.4 is 17.0 Å². The van der Waals surface area contributed by atoms with E-state index >= 15 is 0 Å². The van der Waals surface area contributed by atoms with E-state index in [1.165, 1.54) is 0 Å². The maximum Gasteiger partial charge on any atom is 0.260 e. The van der Waals surface area contributed by atoms with Crippen molar-refractivity contribution >= 4 is 49.2 Å². The fraction of sp³-hybridized carbons (Fsp3) is 0. The molecule has 2 aromatic carbocycles. The fourth-order valence-electron chi connectivity index (χ4n) is 2.02. The number of hydrogen-bond donors (Lipinski definition) is 3. The van der Waals surface area contributed by atoms with Gasteiger partial charge < -0.3 is 11.5 Å². The summed E-state index contributed by atoms with van der Waals surface area (Å²) in [5.74, 6) is 0.112. The van der Waals surface area contributed by atoms with Crippen molar-refractivity contribution in [3.8, 4) is 0 Å². The van der Waals surface area contributed by atoms with E-state index in [-0.39, 0.29) is 11.5 Å². The van der Waals surface area contributed by atoms with Gasteiger partial charge in [0.1, 0.15) is 0 Å². The number of H-pyrrole nitrogens is 1. The number of hydrogen-bond acceptors (Lipinski definition) is 4. The molecule has 0 spiro atoms. The van der Waals surface area contributed by atoms with E-state index in [0.717, 1.165) is 15.2 Å². The molecule has 3 aromatic rings. The zero-order valence-corrected chi connectivity index (χ0v) is 10.8. The summed E-state index contributed by atoms with van der Waals surface area (Å²) in [5, 5.41) is 2.20. The van der Waals surface area contributed by atoms with Gasteiger partial charge in [0.05, 0.1) is 10.9 Å². The molecule has 5 nitrogen and oxygen atoms in total. The summed E-state index contributed by atoms with van der Waals surface area (Å²) >= 11 is 3.36. The van der Waals surface area contributed by atoms with Crippen molar-refractivity contribution in [3.05, 3.63) is 39.1 Å². The smallest absolute Gasteiger partial charge is 0.260 e. The van der Waals surface area contributed by atoms with Gasteiger partial charge in [-0.25, -0.2) is 4.98 Å². The Balaban J connectivity index is 2.61. The van der Waals surface area contributed by atoms with Crippen LogP contribution in [0.4, 0.5) is 11.6 Å². The van der Waals surface area contributed by atoms with Crippen LogP contribution in [0.3, 0.4) is 0 Å². The van der Waals surface area contributed by atoms with Gasteiger partial charge in [0.2, 0.25) is 5.95 Å². The summed E-state index contributed by atoms with van der Waals surface area (Å²) in [4.78, 5) is 18.6. The summed E-state index contributed by atoms with van der Waals surface area (Å²) in [5.41, 5.74) is 12.3. The lowest BCUT2D eigenvalue weighted by Gasteiger charge is -2.06. The minimum absolute atomic E-state index is 0.112. The lowest BCUT2D eigenvalue weighted by molar-refractivity contribution is 1.19. The predicted molar refractivity (Wildman–Crippen MR) is 76.4 cm³/mol. The first-order chi connectivity index (χ1) is 8.56. The van der Waals surface area contributed by atoms with Crippen molar-refractivity contribution in [1.29, 1.82) is 0 Å². The van der Waals surface area contributed by atoms with Crippen molar-refractivity contribution in [2.24, 2.45) is 0 Å². The van der Waals surface area contributed by atoms with E-state index in [0.29, 0.717) is 16.6 Å². The number of rotatable bonds is 0. The Labute approximate surface area is 110 Å². The minimum atomic E-state index is -0.250. The zero-order chi connectivity index (χ0) is 12.9. The van der Waals surface area contributed by atoms with Crippen LogP contribution in [0, 0.1) is 0 Å². The Kier molecular flexibility index (Phi) is 2.27. The molecule has 90 valence electrons. The Morgan fingerprint density at radius 2 is 2.00 bits per heavy atom. The quantitative estimate of drug-likeness (QED) is 0.437. The number of aromatic amines is 1. The zero-order valence-electron chi connectivity index (χ0n) is 9.20. The standard InChI is InChI=1S/C12H9BrN4O/c13-7-4-6-5(3-8(7)14)1-2-9-10(6)11(18)17-12(15)16-9/h1-4H,14H2,(H3,15,16,17,18). The van der Waals surface area contributed by atoms with E-state index in [1.54, 1.807) is 6.07 Å². The number of nitrogens with two attached hydrogens (primary N) is 2. The average molecular weight is 305 g/mol. The molecule has 6 heteroatoms. The highest BCUT2D eigenvalue weighted by Gasteiger charge is 2.08. The van der Waals surface area contributed by atoms with Crippen LogP contribution >= 0.6 is 15.9 Å². The number of benzene rings is 2. The van der Waals surface area contributed by atoms with Gasteiger partial charge in [-0.2, -0.15) is 0 Å². The summed E-state index contributed by atoms with van der Waals surface area (Å²) in [7, 11) is 0. The molecule has 0 saturated heterocycles. The van der Waals surface area contributed by atoms with Crippen LogP contribution in [-0.4, -0.2) is 9.97 Å². The monoisotopic (exact) mass is 304 g/mol. The lowest BCUT2D eigenvalue weighted by atomic mass is 10.1. The molecule has 0 aliphatic heterocycles. The van der Waals surface area contributed by atoms with Crippen LogP contribution in [0.2, 0.25) is 0 Å². The average Bonchev–Trinajstić information content (AvgIpc) is 2.30. The van der Waals surface area contributed by atoms with Crippen LogP contribution in [0.1, 0.15) is 0 Å². The summed E-state index contributed by atoms with van der Waals surface area (Å²) in [6.45, 7) is 0. The molecular formula is C12H9BrN4O. The van der Waals surface area contributed by atoms with Gasteiger partial charge in [-0.1, -0.05) is 6.07 Å². The number of fused-ring (bicyclic) bond motifs is 3. The summed E-state index contributed by atoms with van der Waals surface area (Å²) in [6.07, 6.45) is 0. The second-order valence-electron chi connectivity index (χ2n) is 4.01. The summed E-state index contributed by atoms with van der Waals surface area (Å²) in [6, 6.07) is 7.26. The Morgan fingerprint density at radius 3 is 2.78 bits per heavy atom. The Bertz CT molecular complexity index is 841. The first-order valence-corrected chi connectivity index (χ1v) is 6.03. The van der Waals surface area contributed by atoms with Crippen molar-refractivity contribution in [2.75, 3.05) is 11.5 Å². The van der Waals surface area contributed by atoms with Crippen molar-refractivity contribution in [1.82, 2.24) is 9.97 Å². The maximum absolute atomic E-state index is 12.0. The van der Waals surface area contributed by atoms with E-state index < -0.39 is 0 Å². The van der Waals surface area contributed by atoms with Gasteiger partial charge in [0, 0.05) is 10.2 Å². The normalized spacial score (nSPS) is 11.2. The van der Waals surface area contributed by atoms with Gasteiger partial charge in [-0.3, -0.25) is 9.78 Å². The molecule has 0 saturated carbocycles. The molecule has 5 N–H and O–H groups in total. The van der Waals surface area contributed by atoms with E-state index in [9.17, 15) is 4.79 Å². The van der Waals surface area contributed by atoms with Gasteiger partial charge in [0.25, 0.3) is 5.56 Å². The third-order valence-corrected chi connectivity index (χ3v) is 3.51. The fourth-order valence-corrected chi connectivity index (χ4v) is 2.36. The number of nitrogen functional groups attached to an aromatic ring is 2. The molecule has 0 amide bonds. The van der Waals surface area contributed by atoms with Crippen LogP contribution in [0.25, 0.3) is 21.7 Å². The first kappa shape index (κ1) is 11.0. The highest BCUT2D eigenvalue weighted by molar-refractivity contribution is 9.10. The van der Waals surface area contributed by atoms with E-state index in [4.69, 9.17) is 11.5 Å².